The highest BCUT2D eigenvalue weighted by Crippen LogP contribution is 2.67. The second-order valence-corrected chi connectivity index (χ2v) is 21.5. The van der Waals surface area contributed by atoms with Crippen LogP contribution in [0, 0.1) is 46.3 Å². The van der Waals surface area contributed by atoms with Crippen molar-refractivity contribution in [3.8, 4) is 17.2 Å². The molecular weight excluding hydrogens is 833 g/mol. The molecule has 3 fully saturated rings. The molecule has 0 radical (unpaired) electrons. The average Bonchev–Trinajstić information content (AvgIpc) is 3.97. The van der Waals surface area contributed by atoms with E-state index in [0.717, 1.165) is 83.9 Å². The van der Waals surface area contributed by atoms with Crippen LogP contribution in [0.2, 0.25) is 0 Å². The highest BCUT2D eigenvalue weighted by atomic mass is 16.5. The predicted molar refractivity (Wildman–Crippen MR) is 268 cm³/mol. The van der Waals surface area contributed by atoms with Gasteiger partial charge in [-0.05, 0) is 176 Å². The number of benzene rings is 3. The van der Waals surface area contributed by atoms with Crippen LogP contribution in [-0.4, -0.2) is 45.9 Å². The molecule has 1 heterocycles. The highest BCUT2D eigenvalue weighted by Gasteiger charge is 2.59. The number of carbonyl (C=O) groups is 2. The van der Waals surface area contributed by atoms with Crippen LogP contribution in [0.15, 0.2) is 95.6 Å². The molecule has 0 bridgehead atoms. The van der Waals surface area contributed by atoms with Gasteiger partial charge in [0.2, 0.25) is 0 Å². The van der Waals surface area contributed by atoms with E-state index in [9.17, 15) is 9.59 Å². The van der Waals surface area contributed by atoms with Crippen molar-refractivity contribution in [1.82, 2.24) is 15.0 Å². The van der Waals surface area contributed by atoms with Gasteiger partial charge in [-0.25, -0.2) is 14.3 Å². The molecule has 3 saturated carbocycles. The van der Waals surface area contributed by atoms with Gasteiger partial charge in [0.05, 0.1) is 29.7 Å². The number of nitrogens with zero attached hydrogens (tertiary/aromatic N) is 4. The molecule has 0 saturated heterocycles. The lowest BCUT2D eigenvalue weighted by Crippen LogP contribution is -2.51. The van der Waals surface area contributed by atoms with Gasteiger partial charge in [-0.3, -0.25) is 4.99 Å². The molecule has 4 aromatic rings. The fraction of sp³-hybridized carbons (Fsp3) is 0.569. The SMILES string of the molecule is CCCCCCCCOc1ccc(C(=O)Oc2ccc(C=Nc3ccc(-n4cc(C(=O)O[C@H]5CC[C@@]6(C)C(=CC[C@H]7[C@@H]8CC[C@H]([C@H](C)CCCC(C)C)[C@@]8(C)CC[C@@H]76)C5)nn4)cc3)cc2)cc1. The topological polar surface area (TPSA) is 105 Å². The summed E-state index contributed by atoms with van der Waals surface area (Å²) in [5, 5.41) is 8.47. The smallest absolute Gasteiger partial charge is 0.360 e. The maximum Gasteiger partial charge on any atom is 0.360 e. The molecule has 9 nitrogen and oxygen atoms in total. The minimum absolute atomic E-state index is 0.142. The normalized spacial score (nSPS) is 26.1. The van der Waals surface area contributed by atoms with Crippen molar-refractivity contribution in [2.24, 2.45) is 51.3 Å². The monoisotopic (exact) mass is 909 g/mol. The van der Waals surface area contributed by atoms with Crippen LogP contribution < -0.4 is 9.47 Å². The number of hydrogen-bond donors (Lipinski definition) is 0. The van der Waals surface area contributed by atoms with Gasteiger partial charge < -0.3 is 14.2 Å². The van der Waals surface area contributed by atoms with E-state index in [-0.39, 0.29) is 17.2 Å². The fourth-order valence-electron chi connectivity index (χ4n) is 12.8. The number of aromatic nitrogens is 3. The maximum absolute atomic E-state index is 13.5. The van der Waals surface area contributed by atoms with E-state index in [1.165, 1.54) is 89.0 Å². The first-order chi connectivity index (χ1) is 32.4. The fourth-order valence-corrected chi connectivity index (χ4v) is 12.8. The number of hydrogen-bond acceptors (Lipinski definition) is 8. The van der Waals surface area contributed by atoms with Gasteiger partial charge in [0, 0.05) is 12.6 Å². The van der Waals surface area contributed by atoms with Gasteiger partial charge in [0.1, 0.15) is 17.6 Å². The van der Waals surface area contributed by atoms with Gasteiger partial charge >= 0.3 is 11.9 Å². The first kappa shape index (κ1) is 48.4. The first-order valence-corrected chi connectivity index (χ1v) is 26.0. The van der Waals surface area contributed by atoms with E-state index >= 15 is 0 Å². The van der Waals surface area contributed by atoms with Crippen molar-refractivity contribution in [2.75, 3.05) is 6.61 Å². The van der Waals surface area contributed by atoms with Crippen LogP contribution in [0.3, 0.4) is 0 Å². The molecular formula is C58H76N4O5. The Kier molecular flexibility index (Phi) is 15.8. The maximum atomic E-state index is 13.5. The van der Waals surface area contributed by atoms with Crippen molar-refractivity contribution in [3.63, 3.8) is 0 Å². The zero-order valence-electron chi connectivity index (χ0n) is 41.3. The Morgan fingerprint density at radius 1 is 0.806 bits per heavy atom. The van der Waals surface area contributed by atoms with Gasteiger partial charge in [0.25, 0.3) is 0 Å². The lowest BCUT2D eigenvalue weighted by molar-refractivity contribution is -0.0595. The van der Waals surface area contributed by atoms with Crippen molar-refractivity contribution >= 4 is 23.8 Å². The van der Waals surface area contributed by atoms with Crippen LogP contribution in [0.1, 0.15) is 177 Å². The van der Waals surface area contributed by atoms with Crippen LogP contribution in [0.25, 0.3) is 5.69 Å². The summed E-state index contributed by atoms with van der Waals surface area (Å²) < 4.78 is 19.2. The van der Waals surface area contributed by atoms with Crippen molar-refractivity contribution < 1.29 is 23.8 Å². The van der Waals surface area contributed by atoms with E-state index in [1.54, 1.807) is 41.4 Å². The number of fused-ring (bicyclic) bond motifs is 5. The van der Waals surface area contributed by atoms with Crippen molar-refractivity contribution in [3.05, 3.63) is 107 Å². The molecule has 3 aromatic carbocycles. The van der Waals surface area contributed by atoms with E-state index in [2.05, 4.69) is 62.9 Å². The largest absolute Gasteiger partial charge is 0.494 e. The summed E-state index contributed by atoms with van der Waals surface area (Å²) in [6, 6.07) is 21.9. The summed E-state index contributed by atoms with van der Waals surface area (Å²) in [6.45, 7) is 15.4. The minimum Gasteiger partial charge on any atom is -0.494 e. The summed E-state index contributed by atoms with van der Waals surface area (Å²) in [4.78, 5) is 30.9. The number of carbonyl (C=O) groups excluding carboxylic acids is 2. The molecule has 0 amide bonds. The lowest BCUT2D eigenvalue weighted by atomic mass is 9.47. The molecule has 0 aliphatic heterocycles. The summed E-state index contributed by atoms with van der Waals surface area (Å²) >= 11 is 0. The van der Waals surface area contributed by atoms with Crippen LogP contribution >= 0.6 is 0 Å². The molecule has 4 aliphatic rings. The third-order valence-corrected chi connectivity index (χ3v) is 16.7. The van der Waals surface area contributed by atoms with Gasteiger partial charge in [-0.15, -0.1) is 5.10 Å². The minimum atomic E-state index is -0.423. The summed E-state index contributed by atoms with van der Waals surface area (Å²) in [5.74, 6) is 5.20. The zero-order valence-corrected chi connectivity index (χ0v) is 41.3. The molecule has 0 N–H and O–H groups in total. The first-order valence-electron chi connectivity index (χ1n) is 26.0. The Bertz CT molecular complexity index is 2320. The average molecular weight is 909 g/mol. The zero-order chi connectivity index (χ0) is 47.0. The highest BCUT2D eigenvalue weighted by molar-refractivity contribution is 5.91. The van der Waals surface area contributed by atoms with Gasteiger partial charge in [-0.2, -0.15) is 0 Å². The Morgan fingerprint density at radius 3 is 2.31 bits per heavy atom. The third kappa shape index (κ3) is 11.5. The van der Waals surface area contributed by atoms with E-state index in [1.807, 2.05) is 48.5 Å². The number of allylic oxidation sites excluding steroid dienone is 1. The second kappa shape index (κ2) is 21.9. The van der Waals surface area contributed by atoms with Crippen LogP contribution in [0.5, 0.6) is 11.5 Å². The molecule has 67 heavy (non-hydrogen) atoms. The number of esters is 2. The predicted octanol–water partition coefficient (Wildman–Crippen LogP) is 14.5. The molecule has 9 heteroatoms. The van der Waals surface area contributed by atoms with E-state index in [0.29, 0.717) is 23.3 Å². The van der Waals surface area contributed by atoms with Crippen LogP contribution in [-0.2, 0) is 4.74 Å². The summed E-state index contributed by atoms with van der Waals surface area (Å²) in [5.41, 5.74) is 5.25. The van der Waals surface area contributed by atoms with Crippen molar-refractivity contribution in [2.45, 2.75) is 157 Å². The second-order valence-electron chi connectivity index (χ2n) is 21.5. The third-order valence-electron chi connectivity index (χ3n) is 16.7. The van der Waals surface area contributed by atoms with Crippen LogP contribution in [0.4, 0.5) is 5.69 Å². The number of ether oxygens (including phenoxy) is 3. The Hall–Kier alpha value is -5.05. The summed E-state index contributed by atoms with van der Waals surface area (Å²) in [7, 11) is 0. The molecule has 8 rings (SSSR count). The number of aliphatic imine (C=N–C) groups is 1. The van der Waals surface area contributed by atoms with E-state index in [4.69, 9.17) is 14.2 Å². The molecule has 0 unspecified atom stereocenters. The molecule has 4 aliphatic carbocycles. The van der Waals surface area contributed by atoms with E-state index < -0.39 is 11.9 Å². The number of unbranched alkanes of at least 4 members (excludes halogenated alkanes) is 5. The Labute approximate surface area is 400 Å². The molecule has 358 valence electrons. The lowest BCUT2D eigenvalue weighted by Gasteiger charge is -2.58. The van der Waals surface area contributed by atoms with Gasteiger partial charge in [-0.1, -0.05) is 110 Å². The molecule has 1 aromatic heterocycles. The quantitative estimate of drug-likeness (QED) is 0.0286. The molecule has 8 atom stereocenters. The molecule has 0 spiro atoms. The number of rotatable bonds is 20. The van der Waals surface area contributed by atoms with Gasteiger partial charge in [0.15, 0.2) is 5.69 Å². The van der Waals surface area contributed by atoms with Crippen molar-refractivity contribution in [1.29, 1.82) is 0 Å². The summed E-state index contributed by atoms with van der Waals surface area (Å²) in [6.07, 6.45) is 26.7. The standard InChI is InChI=1S/C58H76N4O5/c1-7-8-9-10-11-12-36-65-47-27-18-43(19-28-47)55(63)66-48-25-16-42(17-26-48)38-59-45-21-23-46(24-22-45)62-39-54(60-61-62)56(64)67-49-32-34-57(5)44(37-49)20-29-50-52-31-30-51(41(4)15-13-14-40(2)3)58(52,6)35-33-53(50)57/h16-28,38-41,49-53H,7-15,29-37H2,1-6H3/t41-,49+,50+,51-,52+,53+,57+,58-/m1/s1. The Morgan fingerprint density at radius 2 is 1.55 bits per heavy atom. The Balaban J connectivity index is 0.786.